The molecule has 2 N–H and O–H groups in total. The number of nitrogens with zero attached hydrogens (tertiary/aromatic N) is 2. The maximum absolute atomic E-state index is 13.0. The van der Waals surface area contributed by atoms with Gasteiger partial charge in [-0.25, -0.2) is 0 Å². The molecule has 1 aliphatic heterocycles. The number of carbonyl (C=O) groups is 2. The smallest absolute Gasteiger partial charge is 0.295 e. The van der Waals surface area contributed by atoms with Gasteiger partial charge in [0.05, 0.1) is 50.6 Å². The first kappa shape index (κ1) is 24.7. The summed E-state index contributed by atoms with van der Waals surface area (Å²) in [4.78, 5) is 37.5. The summed E-state index contributed by atoms with van der Waals surface area (Å²) in [7, 11) is 2.91. The van der Waals surface area contributed by atoms with Crippen molar-refractivity contribution in [1.29, 1.82) is 0 Å². The molecule has 1 aliphatic rings. The van der Waals surface area contributed by atoms with Crippen molar-refractivity contribution in [3.05, 3.63) is 69.3 Å². The van der Waals surface area contributed by atoms with Gasteiger partial charge in [-0.1, -0.05) is 6.07 Å². The Morgan fingerprint density at radius 3 is 2.32 bits per heavy atom. The molecule has 180 valence electrons. The van der Waals surface area contributed by atoms with Crippen LogP contribution in [0.1, 0.15) is 17.2 Å². The second-order valence-corrected chi connectivity index (χ2v) is 7.25. The third kappa shape index (κ3) is 4.85. The number of hydrogen-bond acceptors (Lipinski definition) is 9. The molecule has 1 atom stereocenters. The number of carbonyl (C=O) groups excluding carboxylic acids is 2. The zero-order valence-electron chi connectivity index (χ0n) is 18.6. The Labute approximate surface area is 194 Å². The average molecular weight is 472 g/mol. The molecule has 1 amide bonds. The number of ketones is 1. The Bertz CT molecular complexity index is 1110. The minimum atomic E-state index is -0.979. The van der Waals surface area contributed by atoms with Gasteiger partial charge in [-0.2, -0.15) is 0 Å². The van der Waals surface area contributed by atoms with Crippen LogP contribution in [-0.2, 0) is 14.3 Å². The SMILES string of the molecule is COc1ccc([C@@H]2C(=C(O)c3ccc([N+](=O)[O-])cc3)C(=O)C(=O)N2CCOCCO)cc1OC. The first-order valence-corrected chi connectivity index (χ1v) is 10.3. The van der Waals surface area contributed by atoms with E-state index in [1.165, 1.54) is 43.4 Å². The fourth-order valence-corrected chi connectivity index (χ4v) is 3.71. The minimum absolute atomic E-state index is 0.0145. The molecule has 2 aromatic carbocycles. The predicted octanol–water partition coefficient (Wildman–Crippen LogP) is 2.04. The molecule has 11 heteroatoms. The van der Waals surface area contributed by atoms with Crippen molar-refractivity contribution >= 4 is 23.1 Å². The van der Waals surface area contributed by atoms with Crippen LogP contribution in [0.2, 0.25) is 0 Å². The van der Waals surface area contributed by atoms with E-state index >= 15 is 0 Å². The second kappa shape index (κ2) is 10.8. The Morgan fingerprint density at radius 1 is 1.06 bits per heavy atom. The lowest BCUT2D eigenvalue weighted by Gasteiger charge is -2.26. The monoisotopic (exact) mass is 472 g/mol. The molecule has 0 saturated carbocycles. The van der Waals surface area contributed by atoms with Crippen LogP contribution in [0.5, 0.6) is 11.5 Å². The van der Waals surface area contributed by atoms with E-state index in [1.54, 1.807) is 18.2 Å². The Morgan fingerprint density at radius 2 is 1.74 bits per heavy atom. The van der Waals surface area contributed by atoms with Crippen LogP contribution in [0.15, 0.2) is 48.0 Å². The van der Waals surface area contributed by atoms with Crippen LogP contribution in [-0.4, -0.2) is 72.3 Å². The maximum Gasteiger partial charge on any atom is 0.295 e. The van der Waals surface area contributed by atoms with Crippen LogP contribution >= 0.6 is 0 Å². The summed E-state index contributed by atoms with van der Waals surface area (Å²) < 4.78 is 15.9. The predicted molar refractivity (Wildman–Crippen MR) is 120 cm³/mol. The summed E-state index contributed by atoms with van der Waals surface area (Å²) in [5.41, 5.74) is 0.260. The molecular weight excluding hydrogens is 448 g/mol. The number of benzene rings is 2. The lowest BCUT2D eigenvalue weighted by molar-refractivity contribution is -0.384. The van der Waals surface area contributed by atoms with Crippen LogP contribution in [0, 0.1) is 10.1 Å². The number of methoxy groups -OCH3 is 2. The van der Waals surface area contributed by atoms with Crippen molar-refractivity contribution in [2.75, 3.05) is 40.6 Å². The van der Waals surface area contributed by atoms with Gasteiger partial charge in [0.25, 0.3) is 17.4 Å². The number of rotatable bonds is 10. The first-order valence-electron chi connectivity index (χ1n) is 10.3. The van der Waals surface area contributed by atoms with E-state index in [0.717, 1.165) is 0 Å². The van der Waals surface area contributed by atoms with E-state index in [4.69, 9.17) is 19.3 Å². The van der Waals surface area contributed by atoms with E-state index in [9.17, 15) is 24.8 Å². The first-order chi connectivity index (χ1) is 16.3. The number of Topliss-reactive ketones (excluding diaryl/α,β-unsaturated/α-hetero) is 1. The van der Waals surface area contributed by atoms with Crippen molar-refractivity contribution in [2.24, 2.45) is 0 Å². The molecule has 0 radical (unpaired) electrons. The fraction of sp³-hybridized carbons (Fsp3) is 0.304. The Kier molecular flexibility index (Phi) is 7.82. The molecule has 0 unspecified atom stereocenters. The molecule has 0 aliphatic carbocycles. The normalized spacial score (nSPS) is 17.1. The van der Waals surface area contributed by atoms with Crippen molar-refractivity contribution in [1.82, 2.24) is 4.90 Å². The van der Waals surface area contributed by atoms with E-state index in [0.29, 0.717) is 17.1 Å². The number of aliphatic hydroxyl groups is 2. The van der Waals surface area contributed by atoms with Gasteiger partial charge in [-0.3, -0.25) is 19.7 Å². The van der Waals surface area contributed by atoms with Gasteiger partial charge in [0.2, 0.25) is 0 Å². The minimum Gasteiger partial charge on any atom is -0.507 e. The van der Waals surface area contributed by atoms with E-state index in [-0.39, 0.29) is 43.2 Å². The molecule has 1 saturated heterocycles. The molecule has 11 nitrogen and oxygen atoms in total. The van der Waals surface area contributed by atoms with Crippen molar-refractivity contribution in [3.63, 3.8) is 0 Å². The highest BCUT2D eigenvalue weighted by Crippen LogP contribution is 2.41. The zero-order valence-corrected chi connectivity index (χ0v) is 18.6. The molecule has 0 bridgehead atoms. The molecule has 1 fully saturated rings. The lowest BCUT2D eigenvalue weighted by atomic mass is 9.95. The number of hydrogen-bond donors (Lipinski definition) is 2. The standard InChI is InChI=1S/C23H24N2O9/c1-32-17-8-5-15(13-18(17)33-2)20-19(21(27)14-3-6-16(7-4-14)25(30)31)22(28)23(29)24(20)9-11-34-12-10-26/h3-8,13,20,26-27H,9-12H2,1-2H3/t20-/m1/s1. The maximum atomic E-state index is 13.0. The third-order valence-electron chi connectivity index (χ3n) is 5.33. The summed E-state index contributed by atoms with van der Waals surface area (Å²) in [6, 6.07) is 8.87. The number of aliphatic hydroxyl groups excluding tert-OH is 2. The molecule has 34 heavy (non-hydrogen) atoms. The molecule has 2 aromatic rings. The van der Waals surface area contributed by atoms with Gasteiger partial charge >= 0.3 is 0 Å². The van der Waals surface area contributed by atoms with Gasteiger partial charge in [-0.05, 0) is 29.8 Å². The Balaban J connectivity index is 2.11. The largest absolute Gasteiger partial charge is 0.507 e. The van der Waals surface area contributed by atoms with E-state index in [1.807, 2.05) is 0 Å². The van der Waals surface area contributed by atoms with Crippen LogP contribution in [0.4, 0.5) is 5.69 Å². The summed E-state index contributed by atoms with van der Waals surface area (Å²) in [5.74, 6) is -1.41. The highest BCUT2D eigenvalue weighted by molar-refractivity contribution is 6.46. The molecule has 0 aromatic heterocycles. The summed E-state index contributed by atoms with van der Waals surface area (Å²) in [6.07, 6.45) is 0. The zero-order chi connectivity index (χ0) is 24.8. The van der Waals surface area contributed by atoms with Gasteiger partial charge < -0.3 is 29.3 Å². The van der Waals surface area contributed by atoms with Gasteiger partial charge in [0, 0.05) is 24.2 Å². The average Bonchev–Trinajstić information content (AvgIpc) is 3.10. The number of amides is 1. The highest BCUT2D eigenvalue weighted by atomic mass is 16.6. The topological polar surface area (TPSA) is 149 Å². The molecular formula is C23H24N2O9. The van der Waals surface area contributed by atoms with Crippen LogP contribution < -0.4 is 9.47 Å². The highest BCUT2D eigenvalue weighted by Gasteiger charge is 2.46. The summed E-state index contributed by atoms with van der Waals surface area (Å²) >= 11 is 0. The quantitative estimate of drug-likeness (QED) is 0.132. The van der Waals surface area contributed by atoms with Gasteiger partial charge in [0.1, 0.15) is 5.76 Å². The van der Waals surface area contributed by atoms with Gasteiger partial charge in [0.15, 0.2) is 11.5 Å². The Hall–Kier alpha value is -3.96. The van der Waals surface area contributed by atoms with Crippen molar-refractivity contribution in [2.45, 2.75) is 6.04 Å². The lowest BCUT2D eigenvalue weighted by Crippen LogP contribution is -2.33. The second-order valence-electron chi connectivity index (χ2n) is 7.25. The van der Waals surface area contributed by atoms with Crippen LogP contribution in [0.3, 0.4) is 0 Å². The van der Waals surface area contributed by atoms with E-state index in [2.05, 4.69) is 0 Å². The third-order valence-corrected chi connectivity index (χ3v) is 5.33. The number of likely N-dealkylation sites (tertiary alicyclic amines) is 1. The number of ether oxygens (including phenoxy) is 3. The summed E-state index contributed by atoms with van der Waals surface area (Å²) in [5, 5.41) is 30.9. The van der Waals surface area contributed by atoms with E-state index < -0.39 is 28.4 Å². The number of nitro benzene ring substituents is 1. The summed E-state index contributed by atoms with van der Waals surface area (Å²) in [6.45, 7) is -0.0681. The fourth-order valence-electron chi connectivity index (χ4n) is 3.71. The molecule has 0 spiro atoms. The molecule has 3 rings (SSSR count). The number of nitro groups is 1. The van der Waals surface area contributed by atoms with Crippen molar-refractivity contribution in [3.8, 4) is 11.5 Å². The number of non-ortho nitro benzene ring substituents is 1. The molecule has 1 heterocycles. The van der Waals surface area contributed by atoms with Crippen molar-refractivity contribution < 1.29 is 38.9 Å². The van der Waals surface area contributed by atoms with Gasteiger partial charge in [-0.15, -0.1) is 0 Å². The van der Waals surface area contributed by atoms with Crippen LogP contribution in [0.25, 0.3) is 5.76 Å².